The molecule has 27 heavy (non-hydrogen) atoms. The van der Waals surface area contributed by atoms with E-state index in [9.17, 15) is 13.2 Å². The standard InChI is InChI=1S/C19H23N3O4S/c23-19(22-8-4-7-18(22)15-5-2-1-3-6-15)17-13-16(14-20-17)27(24,25)21-9-11-26-12-10-21/h1-3,5-6,13-14,18,20H,4,7-12H2. The van der Waals surface area contributed by atoms with Crippen LogP contribution in [0.15, 0.2) is 47.5 Å². The van der Waals surface area contributed by atoms with Crippen LogP contribution in [0.3, 0.4) is 0 Å². The molecule has 0 radical (unpaired) electrons. The van der Waals surface area contributed by atoms with Gasteiger partial charge in [-0.05, 0) is 24.5 Å². The number of ether oxygens (including phenoxy) is 1. The van der Waals surface area contributed by atoms with E-state index in [1.165, 1.54) is 16.6 Å². The molecule has 0 saturated carbocycles. The summed E-state index contributed by atoms with van der Waals surface area (Å²) in [6, 6.07) is 11.4. The van der Waals surface area contributed by atoms with Gasteiger partial charge in [-0.1, -0.05) is 30.3 Å². The largest absolute Gasteiger partial charge is 0.379 e. The van der Waals surface area contributed by atoms with Gasteiger partial charge in [-0.15, -0.1) is 0 Å². The molecule has 2 aromatic rings. The first-order valence-corrected chi connectivity index (χ1v) is 10.6. The van der Waals surface area contributed by atoms with Crippen LogP contribution >= 0.6 is 0 Å². The molecule has 1 aromatic carbocycles. The molecule has 2 aliphatic heterocycles. The highest BCUT2D eigenvalue weighted by Gasteiger charge is 2.33. The molecule has 1 atom stereocenters. The molecule has 8 heteroatoms. The maximum Gasteiger partial charge on any atom is 0.270 e. The predicted molar refractivity (Wildman–Crippen MR) is 99.8 cm³/mol. The van der Waals surface area contributed by atoms with Gasteiger partial charge >= 0.3 is 0 Å². The molecule has 2 aliphatic rings. The fourth-order valence-electron chi connectivity index (χ4n) is 3.77. The summed E-state index contributed by atoms with van der Waals surface area (Å²) in [4.78, 5) is 17.8. The average Bonchev–Trinajstić information content (AvgIpc) is 3.39. The van der Waals surface area contributed by atoms with Crippen LogP contribution in [-0.2, 0) is 14.8 Å². The molecule has 7 nitrogen and oxygen atoms in total. The Morgan fingerprint density at radius 1 is 1.11 bits per heavy atom. The van der Waals surface area contributed by atoms with Crippen molar-refractivity contribution in [1.29, 1.82) is 0 Å². The number of carbonyl (C=O) groups excluding carboxylic acids is 1. The fraction of sp³-hybridized carbons (Fsp3) is 0.421. The summed E-state index contributed by atoms with van der Waals surface area (Å²) in [5.41, 5.74) is 1.42. The van der Waals surface area contributed by atoms with Crippen molar-refractivity contribution in [1.82, 2.24) is 14.2 Å². The zero-order valence-corrected chi connectivity index (χ0v) is 15.8. The lowest BCUT2D eigenvalue weighted by Crippen LogP contribution is -2.40. The van der Waals surface area contributed by atoms with Crippen LogP contribution in [-0.4, -0.2) is 61.4 Å². The van der Waals surface area contributed by atoms with Crippen LogP contribution in [0.5, 0.6) is 0 Å². The molecule has 1 unspecified atom stereocenters. The molecule has 0 spiro atoms. The third-order valence-electron chi connectivity index (χ3n) is 5.19. The van der Waals surface area contributed by atoms with Gasteiger partial charge in [0.15, 0.2) is 0 Å². The SMILES string of the molecule is O=C(c1cc(S(=O)(=O)N2CCOCC2)c[nH]1)N1CCCC1c1ccccc1. The molecule has 1 aromatic heterocycles. The van der Waals surface area contributed by atoms with Crippen LogP contribution in [0, 0.1) is 0 Å². The fourth-order valence-corrected chi connectivity index (χ4v) is 5.17. The van der Waals surface area contributed by atoms with Crippen molar-refractivity contribution in [3.8, 4) is 0 Å². The number of benzene rings is 1. The third kappa shape index (κ3) is 3.52. The van der Waals surface area contributed by atoms with Crippen molar-refractivity contribution in [2.75, 3.05) is 32.8 Å². The lowest BCUT2D eigenvalue weighted by molar-refractivity contribution is 0.0727. The van der Waals surface area contributed by atoms with Gasteiger partial charge in [0.05, 0.1) is 19.3 Å². The first kappa shape index (κ1) is 18.2. The maximum absolute atomic E-state index is 13.0. The smallest absolute Gasteiger partial charge is 0.270 e. The van der Waals surface area contributed by atoms with Gasteiger partial charge in [0.2, 0.25) is 10.0 Å². The molecule has 144 valence electrons. The van der Waals surface area contributed by atoms with Crippen LogP contribution in [0.2, 0.25) is 0 Å². The first-order valence-electron chi connectivity index (χ1n) is 9.19. The molecule has 1 N–H and O–H groups in total. The monoisotopic (exact) mass is 389 g/mol. The lowest BCUT2D eigenvalue weighted by Gasteiger charge is -2.25. The summed E-state index contributed by atoms with van der Waals surface area (Å²) in [7, 11) is -3.61. The molecule has 4 rings (SSSR count). The van der Waals surface area contributed by atoms with Crippen molar-refractivity contribution in [2.24, 2.45) is 0 Å². The van der Waals surface area contributed by atoms with Crippen molar-refractivity contribution in [2.45, 2.75) is 23.8 Å². The minimum absolute atomic E-state index is 0.0290. The number of sulfonamides is 1. The number of aromatic amines is 1. The third-order valence-corrected chi connectivity index (χ3v) is 7.07. The summed E-state index contributed by atoms with van der Waals surface area (Å²) in [5.74, 6) is -0.162. The van der Waals surface area contributed by atoms with Gasteiger partial charge in [0.25, 0.3) is 5.91 Å². The summed E-state index contributed by atoms with van der Waals surface area (Å²) in [6.07, 6.45) is 3.26. The lowest BCUT2D eigenvalue weighted by atomic mass is 10.0. The number of H-pyrrole nitrogens is 1. The zero-order valence-electron chi connectivity index (χ0n) is 15.0. The number of hydrogen-bond acceptors (Lipinski definition) is 4. The first-order chi connectivity index (χ1) is 13.1. The molecule has 1 amide bonds. The van der Waals surface area contributed by atoms with E-state index in [1.807, 2.05) is 35.2 Å². The molecular formula is C19H23N3O4S. The van der Waals surface area contributed by atoms with Gasteiger partial charge in [0.1, 0.15) is 10.6 Å². The number of morpholine rings is 1. The number of nitrogens with one attached hydrogen (secondary N) is 1. The Morgan fingerprint density at radius 2 is 1.85 bits per heavy atom. The molecule has 0 bridgehead atoms. The van der Waals surface area contributed by atoms with E-state index in [-0.39, 0.29) is 16.8 Å². The van der Waals surface area contributed by atoms with Gasteiger partial charge < -0.3 is 14.6 Å². The van der Waals surface area contributed by atoms with Crippen LogP contribution in [0.4, 0.5) is 0 Å². The maximum atomic E-state index is 13.0. The van der Waals surface area contributed by atoms with Crippen LogP contribution < -0.4 is 0 Å². The average molecular weight is 389 g/mol. The van der Waals surface area contributed by atoms with E-state index in [1.54, 1.807) is 0 Å². The highest BCUT2D eigenvalue weighted by Crippen LogP contribution is 2.33. The Labute approximate surface area is 159 Å². The molecule has 2 fully saturated rings. The molecule has 3 heterocycles. The zero-order chi connectivity index (χ0) is 18.9. The Hall–Kier alpha value is -2.16. The van der Waals surface area contributed by atoms with E-state index in [0.29, 0.717) is 38.5 Å². The van der Waals surface area contributed by atoms with Gasteiger partial charge in [-0.25, -0.2) is 8.42 Å². The van der Waals surface area contributed by atoms with Crippen molar-refractivity contribution in [3.05, 3.63) is 53.9 Å². The molecule has 2 saturated heterocycles. The second-order valence-electron chi connectivity index (χ2n) is 6.83. The van der Waals surface area contributed by atoms with E-state index in [0.717, 1.165) is 18.4 Å². The summed E-state index contributed by atoms with van der Waals surface area (Å²) in [5, 5.41) is 0. The number of hydrogen-bond donors (Lipinski definition) is 1. The normalized spacial score (nSPS) is 21.5. The number of rotatable bonds is 4. The van der Waals surface area contributed by atoms with Crippen LogP contribution in [0.1, 0.15) is 34.9 Å². The minimum Gasteiger partial charge on any atom is -0.379 e. The summed E-state index contributed by atoms with van der Waals surface area (Å²) < 4.78 is 32.1. The Morgan fingerprint density at radius 3 is 2.59 bits per heavy atom. The number of amides is 1. The topological polar surface area (TPSA) is 82.7 Å². The second-order valence-corrected chi connectivity index (χ2v) is 8.77. The quantitative estimate of drug-likeness (QED) is 0.867. The van der Waals surface area contributed by atoms with Gasteiger partial charge in [-0.2, -0.15) is 4.31 Å². The van der Waals surface area contributed by atoms with Crippen LogP contribution in [0.25, 0.3) is 0 Å². The van der Waals surface area contributed by atoms with E-state index in [2.05, 4.69) is 4.98 Å². The molecule has 0 aliphatic carbocycles. The number of likely N-dealkylation sites (tertiary alicyclic amines) is 1. The van der Waals surface area contributed by atoms with Crippen molar-refractivity contribution < 1.29 is 17.9 Å². The summed E-state index contributed by atoms with van der Waals surface area (Å²) >= 11 is 0. The second kappa shape index (κ2) is 7.46. The summed E-state index contributed by atoms with van der Waals surface area (Å²) in [6.45, 7) is 2.12. The number of aromatic nitrogens is 1. The Bertz CT molecular complexity index is 904. The van der Waals surface area contributed by atoms with E-state index in [4.69, 9.17) is 4.74 Å². The highest BCUT2D eigenvalue weighted by atomic mass is 32.2. The van der Waals surface area contributed by atoms with E-state index < -0.39 is 10.0 Å². The predicted octanol–water partition coefficient (Wildman–Crippen LogP) is 2.01. The van der Waals surface area contributed by atoms with Gasteiger partial charge in [-0.3, -0.25) is 4.79 Å². The number of nitrogens with zero attached hydrogens (tertiary/aromatic N) is 2. The van der Waals surface area contributed by atoms with Crippen molar-refractivity contribution in [3.63, 3.8) is 0 Å². The minimum atomic E-state index is -3.61. The Balaban J connectivity index is 1.55. The highest BCUT2D eigenvalue weighted by molar-refractivity contribution is 7.89. The van der Waals surface area contributed by atoms with E-state index >= 15 is 0 Å². The van der Waals surface area contributed by atoms with Gasteiger partial charge in [0, 0.05) is 25.8 Å². The Kier molecular flexibility index (Phi) is 5.03. The molecular weight excluding hydrogens is 366 g/mol. The number of carbonyl (C=O) groups is 1. The van der Waals surface area contributed by atoms with Crippen molar-refractivity contribution >= 4 is 15.9 Å².